The van der Waals surface area contributed by atoms with Crippen LogP contribution in [0.5, 0.6) is 0 Å². The van der Waals surface area contributed by atoms with Crippen LogP contribution in [0.3, 0.4) is 0 Å². The van der Waals surface area contributed by atoms with E-state index in [1.165, 1.54) is 0 Å². The van der Waals surface area contributed by atoms with E-state index in [0.29, 0.717) is 0 Å². The van der Waals surface area contributed by atoms with Gasteiger partial charge >= 0.3 is 5.97 Å². The van der Waals surface area contributed by atoms with Gasteiger partial charge in [0, 0.05) is 0 Å². The summed E-state index contributed by atoms with van der Waals surface area (Å²) in [6.45, 7) is 3.72. The van der Waals surface area contributed by atoms with Crippen molar-refractivity contribution in [1.82, 2.24) is 0 Å². The molecule has 0 aromatic carbocycles. The van der Waals surface area contributed by atoms with Gasteiger partial charge in [0.1, 0.15) is 18.3 Å². The van der Waals surface area contributed by atoms with Crippen LogP contribution in [0.25, 0.3) is 0 Å². The van der Waals surface area contributed by atoms with Crippen LogP contribution >= 0.6 is 0 Å². The minimum Gasteiger partial charge on any atom is -0.461 e. The number of rotatable bonds is 1. The van der Waals surface area contributed by atoms with Crippen LogP contribution in [0, 0.1) is 5.92 Å². The van der Waals surface area contributed by atoms with Gasteiger partial charge in [0.25, 0.3) is 0 Å². The van der Waals surface area contributed by atoms with Gasteiger partial charge in [0.05, 0.1) is 5.92 Å². The lowest BCUT2D eigenvalue weighted by Gasteiger charge is -2.26. The van der Waals surface area contributed by atoms with Gasteiger partial charge in [-0.2, -0.15) is 0 Å². The van der Waals surface area contributed by atoms with Crippen LogP contribution in [0.1, 0.15) is 26.7 Å². The molecule has 0 N–H and O–H groups in total. The Morgan fingerprint density at radius 2 is 2.18 bits per heavy atom. The minimum absolute atomic E-state index is 0.00750. The summed E-state index contributed by atoms with van der Waals surface area (Å²) in [5.74, 6) is -0.481. The summed E-state index contributed by atoms with van der Waals surface area (Å²) >= 11 is 0. The molecular formula is C8H12O3. The number of ether oxygens (including phenoxy) is 1. The molecule has 1 aliphatic heterocycles. The zero-order valence-corrected chi connectivity index (χ0v) is 6.79. The van der Waals surface area contributed by atoms with Crippen LogP contribution in [-0.4, -0.2) is 17.9 Å². The number of hydrogen-bond donors (Lipinski definition) is 0. The first-order valence-corrected chi connectivity index (χ1v) is 3.87. The molecule has 0 saturated carbocycles. The van der Waals surface area contributed by atoms with E-state index in [2.05, 4.69) is 0 Å². The van der Waals surface area contributed by atoms with Gasteiger partial charge < -0.3 is 4.74 Å². The van der Waals surface area contributed by atoms with Crippen molar-refractivity contribution in [2.45, 2.75) is 32.8 Å². The molecule has 0 amide bonds. The SMILES string of the molecule is CC[C@@H]1OC(=O)CC(=O)[C@@H]1C. The Labute approximate surface area is 65.7 Å². The van der Waals surface area contributed by atoms with Crippen molar-refractivity contribution < 1.29 is 14.3 Å². The van der Waals surface area contributed by atoms with Crippen molar-refractivity contribution in [3.05, 3.63) is 0 Å². The van der Waals surface area contributed by atoms with E-state index < -0.39 is 0 Å². The number of ketones is 1. The maximum Gasteiger partial charge on any atom is 0.313 e. The topological polar surface area (TPSA) is 43.4 Å². The molecule has 3 heteroatoms. The summed E-state index contributed by atoms with van der Waals surface area (Å²) in [5.41, 5.74) is 0. The third-order valence-corrected chi connectivity index (χ3v) is 2.07. The quantitative estimate of drug-likeness (QED) is 0.418. The summed E-state index contributed by atoms with van der Waals surface area (Å²) in [5, 5.41) is 0. The molecule has 0 unspecified atom stereocenters. The van der Waals surface area contributed by atoms with Crippen LogP contribution < -0.4 is 0 Å². The Hall–Kier alpha value is -0.860. The Morgan fingerprint density at radius 3 is 2.73 bits per heavy atom. The first-order valence-electron chi connectivity index (χ1n) is 3.87. The molecule has 0 aromatic rings. The molecule has 1 fully saturated rings. The monoisotopic (exact) mass is 156 g/mol. The van der Waals surface area contributed by atoms with Crippen LogP contribution in [-0.2, 0) is 14.3 Å². The number of cyclic esters (lactones) is 1. The molecular weight excluding hydrogens is 144 g/mol. The predicted molar refractivity (Wildman–Crippen MR) is 39.0 cm³/mol. The second-order valence-corrected chi connectivity index (χ2v) is 2.87. The van der Waals surface area contributed by atoms with Crippen molar-refractivity contribution in [1.29, 1.82) is 0 Å². The Bertz CT molecular complexity index is 186. The highest BCUT2D eigenvalue weighted by Crippen LogP contribution is 2.19. The Balaban J connectivity index is 2.66. The fraction of sp³-hybridized carbons (Fsp3) is 0.750. The zero-order chi connectivity index (χ0) is 8.43. The van der Waals surface area contributed by atoms with Crippen LogP contribution in [0.15, 0.2) is 0 Å². The lowest BCUT2D eigenvalue weighted by molar-refractivity contribution is -0.162. The molecule has 1 heterocycles. The molecule has 11 heavy (non-hydrogen) atoms. The van der Waals surface area contributed by atoms with Gasteiger partial charge in [-0.05, 0) is 6.42 Å². The van der Waals surface area contributed by atoms with E-state index >= 15 is 0 Å². The van der Waals surface area contributed by atoms with Crippen molar-refractivity contribution in [3.8, 4) is 0 Å². The lowest BCUT2D eigenvalue weighted by atomic mass is 9.93. The molecule has 1 aliphatic rings. The van der Waals surface area contributed by atoms with Gasteiger partial charge in [-0.25, -0.2) is 0 Å². The number of carbonyl (C=O) groups excluding carboxylic acids is 2. The van der Waals surface area contributed by atoms with E-state index in [1.807, 2.05) is 13.8 Å². The lowest BCUT2D eigenvalue weighted by Crippen LogP contribution is -2.37. The van der Waals surface area contributed by atoms with E-state index in [-0.39, 0.29) is 30.2 Å². The Morgan fingerprint density at radius 1 is 1.55 bits per heavy atom. The number of esters is 1. The average molecular weight is 156 g/mol. The first kappa shape index (κ1) is 8.24. The molecule has 2 atom stereocenters. The van der Waals surface area contributed by atoms with E-state index in [4.69, 9.17) is 4.74 Å². The standard InChI is InChI=1S/C8H12O3/c1-3-7-5(2)6(9)4-8(10)11-7/h5,7H,3-4H2,1-2H3/t5-,7-/m0/s1. The zero-order valence-electron chi connectivity index (χ0n) is 6.79. The molecule has 3 nitrogen and oxygen atoms in total. The molecule has 62 valence electrons. The third-order valence-electron chi connectivity index (χ3n) is 2.07. The summed E-state index contributed by atoms with van der Waals surface area (Å²) in [7, 11) is 0. The second kappa shape index (κ2) is 3.03. The largest absolute Gasteiger partial charge is 0.461 e. The fourth-order valence-corrected chi connectivity index (χ4v) is 1.26. The highest BCUT2D eigenvalue weighted by atomic mass is 16.5. The average Bonchev–Trinajstić information content (AvgIpc) is 1.96. The third kappa shape index (κ3) is 1.59. The van der Waals surface area contributed by atoms with Crippen LogP contribution in [0.4, 0.5) is 0 Å². The van der Waals surface area contributed by atoms with Crippen molar-refractivity contribution in [3.63, 3.8) is 0 Å². The van der Waals surface area contributed by atoms with E-state index in [0.717, 1.165) is 6.42 Å². The smallest absolute Gasteiger partial charge is 0.313 e. The van der Waals surface area contributed by atoms with E-state index in [1.54, 1.807) is 0 Å². The van der Waals surface area contributed by atoms with Crippen molar-refractivity contribution >= 4 is 11.8 Å². The Kier molecular flexibility index (Phi) is 2.27. The van der Waals surface area contributed by atoms with Crippen molar-refractivity contribution in [2.75, 3.05) is 0 Å². The minimum atomic E-state index is -0.375. The number of carbonyl (C=O) groups is 2. The molecule has 0 aromatic heterocycles. The maximum absolute atomic E-state index is 11.1. The summed E-state index contributed by atoms with van der Waals surface area (Å²) in [6, 6.07) is 0. The molecule has 0 aliphatic carbocycles. The molecule has 0 bridgehead atoms. The van der Waals surface area contributed by atoms with Gasteiger partial charge in [-0.3, -0.25) is 9.59 Å². The fourth-order valence-electron chi connectivity index (χ4n) is 1.26. The van der Waals surface area contributed by atoms with Gasteiger partial charge in [-0.1, -0.05) is 13.8 Å². The molecule has 1 saturated heterocycles. The number of hydrogen-bond acceptors (Lipinski definition) is 3. The summed E-state index contributed by atoms with van der Waals surface area (Å²) < 4.78 is 4.96. The second-order valence-electron chi connectivity index (χ2n) is 2.87. The highest BCUT2D eigenvalue weighted by molar-refractivity contribution is 5.98. The highest BCUT2D eigenvalue weighted by Gasteiger charge is 2.32. The summed E-state index contributed by atoms with van der Waals surface area (Å²) in [4.78, 5) is 21.8. The van der Waals surface area contributed by atoms with Crippen LogP contribution in [0.2, 0.25) is 0 Å². The molecule has 1 rings (SSSR count). The first-order chi connectivity index (χ1) is 5.15. The van der Waals surface area contributed by atoms with E-state index in [9.17, 15) is 9.59 Å². The van der Waals surface area contributed by atoms with Gasteiger partial charge in [0.2, 0.25) is 0 Å². The molecule has 0 spiro atoms. The summed E-state index contributed by atoms with van der Waals surface area (Å²) in [6.07, 6.45) is 0.486. The maximum atomic E-state index is 11.1. The molecule has 0 radical (unpaired) electrons. The number of Topliss-reactive ketones (excluding diaryl/α,β-unsaturated/α-hetero) is 1. The predicted octanol–water partition coefficient (Wildman–Crippen LogP) is 0.917. The van der Waals surface area contributed by atoms with Gasteiger partial charge in [0.15, 0.2) is 0 Å². The van der Waals surface area contributed by atoms with Gasteiger partial charge in [-0.15, -0.1) is 0 Å². The van der Waals surface area contributed by atoms with Crippen molar-refractivity contribution in [2.24, 2.45) is 5.92 Å². The normalized spacial score (nSPS) is 31.8.